The predicted molar refractivity (Wildman–Crippen MR) is 39.8 cm³/mol. The zero-order chi connectivity index (χ0) is 7.98. The van der Waals surface area contributed by atoms with Crippen molar-refractivity contribution in [1.82, 2.24) is 0 Å². The van der Waals surface area contributed by atoms with Gasteiger partial charge in [0.15, 0.2) is 0 Å². The van der Waals surface area contributed by atoms with Crippen molar-refractivity contribution >= 4 is 0 Å². The van der Waals surface area contributed by atoms with Crippen LogP contribution in [0.25, 0.3) is 0 Å². The molecule has 0 aliphatic heterocycles. The first-order chi connectivity index (χ1) is 4.79. The predicted octanol–water partition coefficient (Wildman–Crippen LogP) is 2.27. The summed E-state index contributed by atoms with van der Waals surface area (Å²) in [6, 6.07) is 8.48. The van der Waals surface area contributed by atoms with Crippen LogP contribution < -0.4 is 0 Å². The Bertz CT molecular complexity index is 175. The van der Waals surface area contributed by atoms with Crippen molar-refractivity contribution in [2.24, 2.45) is 0 Å². The van der Waals surface area contributed by atoms with Crippen LogP contribution in [0.5, 0.6) is 0 Å². The summed E-state index contributed by atoms with van der Waals surface area (Å²) in [6.45, 7) is 8.69. The molecule has 0 atom stereocenters. The van der Waals surface area contributed by atoms with E-state index in [-0.39, 0.29) is 0 Å². The standard InChI is InChI=1S/C8H10.CO/c1-7-3-5-8(2)6-4-7;1-2/h3-6H,1-2H3;. The molecule has 0 N–H and O–H groups in total. The molecule has 0 amide bonds. The van der Waals surface area contributed by atoms with Crippen LogP contribution in [0, 0.1) is 20.5 Å². The quantitative estimate of drug-likeness (QED) is 0.383. The zero-order valence-corrected chi connectivity index (χ0v) is 6.22. The molecule has 1 nitrogen and oxygen atoms in total. The van der Waals surface area contributed by atoms with E-state index in [0.717, 1.165) is 0 Å². The molecule has 0 saturated carbocycles. The Kier molecular flexibility index (Phi) is 4.30. The summed E-state index contributed by atoms with van der Waals surface area (Å²) in [5.41, 5.74) is 2.66. The van der Waals surface area contributed by atoms with E-state index < -0.39 is 0 Å². The maximum absolute atomic E-state index is 7.50. The second kappa shape index (κ2) is 4.80. The van der Waals surface area contributed by atoms with Crippen LogP contribution >= 0.6 is 0 Å². The van der Waals surface area contributed by atoms with Gasteiger partial charge in [0.1, 0.15) is 0 Å². The van der Waals surface area contributed by atoms with Gasteiger partial charge in [-0.1, -0.05) is 35.4 Å². The molecule has 0 saturated heterocycles. The molecule has 0 aliphatic rings. The Balaban J connectivity index is 0.000000371. The Morgan fingerprint density at radius 2 is 1.10 bits per heavy atom. The molecule has 1 aromatic carbocycles. The van der Waals surface area contributed by atoms with Crippen molar-refractivity contribution in [3.8, 4) is 0 Å². The molecule has 1 heteroatoms. The first kappa shape index (κ1) is 8.96. The summed E-state index contributed by atoms with van der Waals surface area (Å²) in [7, 11) is 0. The molecule has 10 heavy (non-hydrogen) atoms. The van der Waals surface area contributed by atoms with Crippen LogP contribution in [0.4, 0.5) is 0 Å². The fourth-order valence-corrected chi connectivity index (χ4v) is 0.637. The monoisotopic (exact) mass is 134 g/mol. The van der Waals surface area contributed by atoms with Crippen molar-refractivity contribution in [2.75, 3.05) is 0 Å². The molecule has 1 rings (SSSR count). The average molecular weight is 134 g/mol. The Morgan fingerprint density at radius 3 is 1.30 bits per heavy atom. The average Bonchev–Trinajstić information content (AvgIpc) is 2.00. The van der Waals surface area contributed by atoms with E-state index in [2.05, 4.69) is 44.8 Å². The van der Waals surface area contributed by atoms with E-state index in [0.29, 0.717) is 0 Å². The molecule has 0 heterocycles. The maximum atomic E-state index is 7.50. The van der Waals surface area contributed by atoms with Crippen molar-refractivity contribution in [3.05, 3.63) is 42.0 Å². The van der Waals surface area contributed by atoms with Gasteiger partial charge in [-0.25, -0.2) is 0 Å². The van der Waals surface area contributed by atoms with Crippen LogP contribution in [0.15, 0.2) is 24.3 Å². The normalized spacial score (nSPS) is 7.60. The molecule has 1 aromatic rings. The van der Waals surface area contributed by atoms with Gasteiger partial charge in [0.05, 0.1) is 0 Å². The van der Waals surface area contributed by atoms with Gasteiger partial charge < -0.3 is 0 Å². The molecule has 0 bridgehead atoms. The molecule has 0 spiro atoms. The van der Waals surface area contributed by atoms with Crippen LogP contribution in [-0.2, 0) is 4.65 Å². The molecule has 0 radical (unpaired) electrons. The van der Waals surface area contributed by atoms with E-state index in [9.17, 15) is 0 Å². The van der Waals surface area contributed by atoms with Crippen LogP contribution in [0.3, 0.4) is 0 Å². The van der Waals surface area contributed by atoms with Gasteiger partial charge in [-0.05, 0) is 13.8 Å². The summed E-state index contributed by atoms with van der Waals surface area (Å²) in [5, 5.41) is 0. The van der Waals surface area contributed by atoms with Crippen LogP contribution in [0.1, 0.15) is 11.1 Å². The van der Waals surface area contributed by atoms with Crippen molar-refractivity contribution in [3.63, 3.8) is 0 Å². The minimum atomic E-state index is 1.33. The third kappa shape index (κ3) is 3.08. The summed E-state index contributed by atoms with van der Waals surface area (Å²) >= 11 is 0. The van der Waals surface area contributed by atoms with Crippen molar-refractivity contribution in [2.45, 2.75) is 13.8 Å². The van der Waals surface area contributed by atoms with E-state index in [1.807, 2.05) is 0 Å². The number of rotatable bonds is 0. The summed E-state index contributed by atoms with van der Waals surface area (Å²) in [6.07, 6.45) is 0. The van der Waals surface area contributed by atoms with Gasteiger partial charge in [-0.2, -0.15) is 0 Å². The van der Waals surface area contributed by atoms with Gasteiger partial charge in [-0.15, -0.1) is 0 Å². The van der Waals surface area contributed by atoms with Gasteiger partial charge in [0.2, 0.25) is 0 Å². The van der Waals surface area contributed by atoms with Crippen molar-refractivity contribution < 1.29 is 4.65 Å². The second-order valence-electron chi connectivity index (χ2n) is 2.15. The minimum absolute atomic E-state index is 1.33. The number of hydrogen-bond donors (Lipinski definition) is 0. The van der Waals surface area contributed by atoms with E-state index in [1.54, 1.807) is 0 Å². The molecule has 0 fully saturated rings. The number of benzene rings is 1. The SMILES string of the molecule is Cc1ccc(C)cc1.[C-]#[O+]. The Hall–Kier alpha value is -1.04. The zero-order valence-electron chi connectivity index (χ0n) is 6.22. The number of hydrogen-bond acceptors (Lipinski definition) is 0. The fraction of sp³-hybridized carbons (Fsp3) is 0.222. The molecule has 52 valence electrons. The molecule has 0 aromatic heterocycles. The van der Waals surface area contributed by atoms with Crippen LogP contribution in [0.2, 0.25) is 0 Å². The Labute approximate surface area is 61.4 Å². The van der Waals surface area contributed by atoms with Gasteiger partial charge in [-0.3, -0.25) is 0 Å². The Morgan fingerprint density at radius 1 is 0.900 bits per heavy atom. The van der Waals surface area contributed by atoms with Gasteiger partial charge in [0, 0.05) is 0 Å². The third-order valence-electron chi connectivity index (χ3n) is 1.22. The fourth-order valence-electron chi connectivity index (χ4n) is 0.637. The summed E-state index contributed by atoms with van der Waals surface area (Å²) < 4.78 is 7.50. The molecule has 0 aliphatic carbocycles. The third-order valence-corrected chi connectivity index (χ3v) is 1.22. The molecule has 0 unspecified atom stereocenters. The molecular formula is C9H10O. The van der Waals surface area contributed by atoms with Crippen LogP contribution in [-0.4, -0.2) is 0 Å². The van der Waals surface area contributed by atoms with E-state index in [1.165, 1.54) is 11.1 Å². The van der Waals surface area contributed by atoms with Gasteiger partial charge in [0.25, 0.3) is 0 Å². The summed E-state index contributed by atoms with van der Waals surface area (Å²) in [4.78, 5) is 0. The molecular weight excluding hydrogens is 124 g/mol. The number of aryl methyl sites for hydroxylation is 2. The first-order valence-corrected chi connectivity index (χ1v) is 3.03. The van der Waals surface area contributed by atoms with E-state index in [4.69, 9.17) is 4.65 Å². The van der Waals surface area contributed by atoms with Crippen molar-refractivity contribution in [1.29, 1.82) is 0 Å². The second-order valence-corrected chi connectivity index (χ2v) is 2.15. The topological polar surface area (TPSA) is 19.9 Å². The van der Waals surface area contributed by atoms with E-state index >= 15 is 0 Å². The summed E-state index contributed by atoms with van der Waals surface area (Å²) in [5.74, 6) is 0. The van der Waals surface area contributed by atoms with Gasteiger partial charge >= 0.3 is 11.3 Å². The first-order valence-electron chi connectivity index (χ1n) is 3.03.